The van der Waals surface area contributed by atoms with Crippen molar-refractivity contribution in [1.29, 1.82) is 0 Å². The van der Waals surface area contributed by atoms with Crippen molar-refractivity contribution in [3.05, 3.63) is 24.4 Å². The van der Waals surface area contributed by atoms with Gasteiger partial charge in [-0.1, -0.05) is 271 Å². The molecule has 1 rings (SSSR count). The van der Waals surface area contributed by atoms with Gasteiger partial charge in [0.2, 0.25) is 0 Å². The molecule has 0 aromatic carbocycles. The van der Waals surface area contributed by atoms with Crippen molar-refractivity contribution in [1.82, 2.24) is 15.0 Å². The molecule has 0 aliphatic heterocycles. The van der Waals surface area contributed by atoms with E-state index in [-0.39, 0.29) is 0 Å². The molecular formula is C50H96N3. The largest absolute Gasteiger partial charge is 0.218 e. The van der Waals surface area contributed by atoms with Crippen molar-refractivity contribution in [2.24, 2.45) is 0 Å². The Kier molecular flexibility index (Phi) is 39.8. The van der Waals surface area contributed by atoms with E-state index in [1.807, 2.05) is 0 Å². The van der Waals surface area contributed by atoms with Crippen LogP contribution in [0, 0.1) is 6.92 Å². The lowest BCUT2D eigenvalue weighted by molar-refractivity contribution is 0.519. The monoisotopic (exact) mass is 739 g/mol. The van der Waals surface area contributed by atoms with Gasteiger partial charge in [0.05, 0.1) is 0 Å². The van der Waals surface area contributed by atoms with E-state index in [1.165, 1.54) is 270 Å². The average Bonchev–Trinajstić information content (AvgIpc) is 3.16. The second kappa shape index (κ2) is 42.2. The summed E-state index contributed by atoms with van der Waals surface area (Å²) in [5.74, 6) is 2.61. The van der Waals surface area contributed by atoms with Crippen LogP contribution < -0.4 is 0 Å². The summed E-state index contributed by atoms with van der Waals surface area (Å²) < 4.78 is 0. The first kappa shape index (κ1) is 50.0. The van der Waals surface area contributed by atoms with Crippen molar-refractivity contribution in [3.63, 3.8) is 0 Å². The van der Waals surface area contributed by atoms with E-state index in [9.17, 15) is 0 Å². The molecule has 311 valence electrons. The number of unbranched alkanes of at least 4 members (excludes halogenated alkanes) is 40. The minimum absolute atomic E-state index is 0.664. The maximum atomic E-state index is 4.82. The maximum absolute atomic E-state index is 4.82. The highest BCUT2D eigenvalue weighted by molar-refractivity contribution is 5.00. The number of hydrogen-bond donors (Lipinski definition) is 0. The molecule has 0 N–H and O–H groups in total. The van der Waals surface area contributed by atoms with Crippen LogP contribution in [0.3, 0.4) is 0 Å². The smallest absolute Gasteiger partial charge is 0.133 e. The zero-order valence-corrected chi connectivity index (χ0v) is 36.7. The molecule has 0 aliphatic rings. The molecule has 0 unspecified atom stereocenters. The number of aryl methyl sites for hydroxylation is 2. The van der Waals surface area contributed by atoms with Gasteiger partial charge in [-0.3, -0.25) is 0 Å². The second-order valence-electron chi connectivity index (χ2n) is 17.2. The van der Waals surface area contributed by atoms with E-state index in [0.717, 1.165) is 24.5 Å². The zero-order valence-electron chi connectivity index (χ0n) is 36.7. The lowest BCUT2D eigenvalue weighted by Gasteiger charge is -2.06. The lowest BCUT2D eigenvalue weighted by atomic mass is 10.0. The van der Waals surface area contributed by atoms with Crippen molar-refractivity contribution in [2.75, 3.05) is 0 Å². The molecule has 3 heteroatoms. The van der Waals surface area contributed by atoms with Crippen molar-refractivity contribution in [2.45, 2.75) is 296 Å². The Hall–Kier alpha value is -0.990. The SMILES string of the molecule is [CH2]c1nc(CCCCCCCCCCCCCCCCCCCCCCC)nc(CCCCCCCCCCCCCCCCCCCCCCC)n1. The summed E-state index contributed by atoms with van der Waals surface area (Å²) in [6.07, 6.45) is 61.8. The van der Waals surface area contributed by atoms with Gasteiger partial charge in [-0.2, -0.15) is 0 Å². The Morgan fingerprint density at radius 1 is 0.245 bits per heavy atom. The Morgan fingerprint density at radius 3 is 0.604 bits per heavy atom. The third-order valence-corrected chi connectivity index (χ3v) is 11.8. The molecule has 0 amide bonds. The van der Waals surface area contributed by atoms with Crippen LogP contribution >= 0.6 is 0 Å². The van der Waals surface area contributed by atoms with Gasteiger partial charge >= 0.3 is 0 Å². The van der Waals surface area contributed by atoms with E-state index >= 15 is 0 Å². The molecule has 0 spiro atoms. The minimum Gasteiger partial charge on any atom is -0.218 e. The first-order valence-corrected chi connectivity index (χ1v) is 24.8. The number of nitrogens with zero attached hydrogens (tertiary/aromatic N) is 3. The third-order valence-electron chi connectivity index (χ3n) is 11.8. The first-order valence-electron chi connectivity index (χ1n) is 24.8. The van der Waals surface area contributed by atoms with Gasteiger partial charge < -0.3 is 0 Å². The molecule has 3 nitrogen and oxygen atoms in total. The molecule has 0 fully saturated rings. The fourth-order valence-electron chi connectivity index (χ4n) is 8.18. The molecule has 1 radical (unpaired) electrons. The number of hydrogen-bond acceptors (Lipinski definition) is 3. The summed E-state index contributed by atoms with van der Waals surface area (Å²) in [6, 6.07) is 0. The molecule has 0 atom stereocenters. The van der Waals surface area contributed by atoms with Gasteiger partial charge in [-0.25, -0.2) is 15.0 Å². The molecule has 0 bridgehead atoms. The summed E-state index contributed by atoms with van der Waals surface area (Å²) in [7, 11) is 0. The molecule has 0 aliphatic carbocycles. The summed E-state index contributed by atoms with van der Waals surface area (Å²) in [5, 5.41) is 0. The normalized spacial score (nSPS) is 11.6. The van der Waals surface area contributed by atoms with E-state index in [2.05, 4.69) is 30.7 Å². The highest BCUT2D eigenvalue weighted by Crippen LogP contribution is 2.17. The van der Waals surface area contributed by atoms with Gasteiger partial charge in [-0.05, 0) is 12.8 Å². The predicted molar refractivity (Wildman–Crippen MR) is 237 cm³/mol. The topological polar surface area (TPSA) is 38.7 Å². The Balaban J connectivity index is 1.84. The van der Waals surface area contributed by atoms with Crippen molar-refractivity contribution in [3.8, 4) is 0 Å². The summed E-state index contributed by atoms with van der Waals surface area (Å²) in [4.78, 5) is 13.9. The predicted octanol–water partition coefficient (Wildman–Crippen LogP) is 17.6. The van der Waals surface area contributed by atoms with Crippen molar-refractivity contribution < 1.29 is 0 Å². The van der Waals surface area contributed by atoms with Crippen LogP contribution in [0.1, 0.15) is 301 Å². The average molecular weight is 739 g/mol. The standard InChI is InChI=1S/C50H96N3/c1-4-6-8-10-12-14-16-18-20-22-24-26-28-30-32-34-36-38-40-42-44-46-49-51-48(3)52-50(53-49)47-45-43-41-39-37-35-33-31-29-27-25-23-21-19-17-15-13-11-9-7-5-2/h3-47H2,1-2H3. The summed E-state index contributed by atoms with van der Waals surface area (Å²) in [6.45, 7) is 8.66. The first-order chi connectivity index (χ1) is 26.3. The highest BCUT2D eigenvalue weighted by atomic mass is 15.0. The van der Waals surface area contributed by atoms with Crippen LogP contribution in [0.4, 0.5) is 0 Å². The fraction of sp³-hybridized carbons (Fsp3) is 0.920. The van der Waals surface area contributed by atoms with Crippen LogP contribution in [-0.4, -0.2) is 15.0 Å². The van der Waals surface area contributed by atoms with Gasteiger partial charge in [-0.15, -0.1) is 0 Å². The Bertz CT molecular complexity index is 774. The van der Waals surface area contributed by atoms with E-state index < -0.39 is 0 Å². The van der Waals surface area contributed by atoms with Crippen LogP contribution in [-0.2, 0) is 12.8 Å². The minimum atomic E-state index is 0.664. The molecule has 1 aromatic rings. The van der Waals surface area contributed by atoms with Crippen LogP contribution in [0.5, 0.6) is 0 Å². The van der Waals surface area contributed by atoms with Gasteiger partial charge in [0.15, 0.2) is 0 Å². The lowest BCUT2D eigenvalue weighted by Crippen LogP contribution is -2.06. The highest BCUT2D eigenvalue weighted by Gasteiger charge is 2.05. The molecular weight excluding hydrogens is 643 g/mol. The number of rotatable bonds is 44. The fourth-order valence-corrected chi connectivity index (χ4v) is 8.18. The molecule has 53 heavy (non-hydrogen) atoms. The molecule has 1 heterocycles. The van der Waals surface area contributed by atoms with Gasteiger partial charge in [0.25, 0.3) is 0 Å². The van der Waals surface area contributed by atoms with E-state index in [4.69, 9.17) is 4.98 Å². The third kappa shape index (κ3) is 37.7. The second-order valence-corrected chi connectivity index (χ2v) is 17.2. The molecule has 1 aromatic heterocycles. The number of aromatic nitrogens is 3. The zero-order chi connectivity index (χ0) is 38.0. The van der Waals surface area contributed by atoms with Crippen LogP contribution in [0.15, 0.2) is 0 Å². The Labute approximate surface area is 334 Å². The van der Waals surface area contributed by atoms with Crippen LogP contribution in [0.2, 0.25) is 0 Å². The van der Waals surface area contributed by atoms with Gasteiger partial charge in [0, 0.05) is 19.8 Å². The Morgan fingerprint density at radius 2 is 0.415 bits per heavy atom. The van der Waals surface area contributed by atoms with Crippen LogP contribution in [0.25, 0.3) is 0 Å². The quantitative estimate of drug-likeness (QED) is 0.0626. The van der Waals surface area contributed by atoms with Gasteiger partial charge in [0.1, 0.15) is 17.5 Å². The van der Waals surface area contributed by atoms with E-state index in [1.54, 1.807) is 0 Å². The summed E-state index contributed by atoms with van der Waals surface area (Å²) in [5.41, 5.74) is 0. The molecule has 0 saturated heterocycles. The van der Waals surface area contributed by atoms with E-state index in [0.29, 0.717) is 5.82 Å². The van der Waals surface area contributed by atoms with Crippen molar-refractivity contribution >= 4 is 0 Å². The molecule has 0 saturated carbocycles. The maximum Gasteiger partial charge on any atom is 0.133 e. The summed E-state index contributed by atoms with van der Waals surface area (Å²) >= 11 is 0.